The summed E-state index contributed by atoms with van der Waals surface area (Å²) in [5, 5.41) is 10.1. The molecule has 0 rings (SSSR count). The molecule has 0 aliphatic carbocycles. The molecular weight excluding hydrogens is 212 g/mol. The minimum absolute atomic E-state index is 0.403. The number of carbonyl (C=O) groups is 2. The van der Waals surface area contributed by atoms with Crippen LogP contribution in [0.25, 0.3) is 0 Å². The smallest absolute Gasteiger partial charge is 0.408 e. The number of nitrogens with zero attached hydrogens (tertiary/aromatic N) is 2. The van der Waals surface area contributed by atoms with Gasteiger partial charge in [-0.1, -0.05) is 0 Å². The van der Waals surface area contributed by atoms with Gasteiger partial charge in [0.25, 0.3) is 5.91 Å². The molecule has 2 amide bonds. The molecular formula is C10H20N2O4. The Morgan fingerprint density at radius 1 is 1.31 bits per heavy atom. The van der Waals surface area contributed by atoms with E-state index in [2.05, 4.69) is 0 Å². The molecule has 0 fully saturated rings. The molecule has 0 heterocycles. The average Bonchev–Trinajstić information content (AvgIpc) is 2.12. The minimum atomic E-state index is -1.13. The lowest BCUT2D eigenvalue weighted by Crippen LogP contribution is -2.55. The molecule has 0 aliphatic heterocycles. The number of hydroxylamine groups is 2. The van der Waals surface area contributed by atoms with Crippen molar-refractivity contribution in [3.63, 3.8) is 0 Å². The Morgan fingerprint density at radius 2 is 1.75 bits per heavy atom. The average molecular weight is 232 g/mol. The first-order chi connectivity index (χ1) is 7.12. The lowest BCUT2D eigenvalue weighted by atomic mass is 10.0. The highest BCUT2D eigenvalue weighted by molar-refractivity contribution is 5.84. The predicted octanol–water partition coefficient (Wildman–Crippen LogP) is 1.17. The predicted molar refractivity (Wildman–Crippen MR) is 58.9 cm³/mol. The molecule has 16 heavy (non-hydrogen) atoms. The monoisotopic (exact) mass is 232 g/mol. The maximum atomic E-state index is 11.8. The number of likely N-dealkylation sites (N-methyl/N-ethyl adjacent to an activating group) is 1. The van der Waals surface area contributed by atoms with Crippen LogP contribution in [0.15, 0.2) is 0 Å². The van der Waals surface area contributed by atoms with Crippen LogP contribution < -0.4 is 0 Å². The second kappa shape index (κ2) is 5.16. The highest BCUT2D eigenvalue weighted by Crippen LogP contribution is 2.18. The van der Waals surface area contributed by atoms with E-state index in [-0.39, 0.29) is 0 Å². The summed E-state index contributed by atoms with van der Waals surface area (Å²) in [7, 11) is 2.80. The number of carbonyl (C=O) groups excluding carboxylic acids is 1. The van der Waals surface area contributed by atoms with Gasteiger partial charge in [0.05, 0.1) is 7.11 Å². The molecule has 0 aliphatic rings. The van der Waals surface area contributed by atoms with Crippen LogP contribution in [0.4, 0.5) is 4.79 Å². The molecule has 0 saturated carbocycles. The van der Waals surface area contributed by atoms with Crippen molar-refractivity contribution in [3.05, 3.63) is 0 Å². The minimum Gasteiger partial charge on any atom is -0.465 e. The Labute approximate surface area is 95.7 Å². The van der Waals surface area contributed by atoms with E-state index >= 15 is 0 Å². The quantitative estimate of drug-likeness (QED) is 0.742. The molecule has 1 N–H and O–H groups in total. The van der Waals surface area contributed by atoms with Crippen molar-refractivity contribution in [3.8, 4) is 0 Å². The second-order valence-corrected chi connectivity index (χ2v) is 4.52. The van der Waals surface area contributed by atoms with Gasteiger partial charge in [0.2, 0.25) is 0 Å². The lowest BCUT2D eigenvalue weighted by Gasteiger charge is -2.38. The second-order valence-electron chi connectivity index (χ2n) is 4.52. The zero-order valence-corrected chi connectivity index (χ0v) is 10.6. The molecule has 0 aromatic rings. The van der Waals surface area contributed by atoms with Gasteiger partial charge in [0, 0.05) is 12.6 Å². The van der Waals surface area contributed by atoms with Crippen molar-refractivity contribution in [2.45, 2.75) is 39.3 Å². The summed E-state index contributed by atoms with van der Waals surface area (Å²) in [6, 6.07) is -0.789. The Morgan fingerprint density at radius 3 is 2.00 bits per heavy atom. The fraction of sp³-hybridized carbons (Fsp3) is 0.800. The normalized spacial score (nSPS) is 13.1. The lowest BCUT2D eigenvalue weighted by molar-refractivity contribution is -0.174. The first-order valence-electron chi connectivity index (χ1n) is 4.96. The molecule has 0 aromatic heterocycles. The molecule has 0 saturated heterocycles. The number of carboxylic acid groups (broad SMARTS) is 1. The zero-order valence-electron chi connectivity index (χ0n) is 10.6. The van der Waals surface area contributed by atoms with Gasteiger partial charge >= 0.3 is 6.09 Å². The summed E-state index contributed by atoms with van der Waals surface area (Å²) in [5.74, 6) is -0.403. The van der Waals surface area contributed by atoms with Gasteiger partial charge in [0.15, 0.2) is 0 Å². The topological polar surface area (TPSA) is 70.1 Å². The van der Waals surface area contributed by atoms with E-state index in [0.29, 0.717) is 0 Å². The number of rotatable bonds is 3. The van der Waals surface area contributed by atoms with Crippen molar-refractivity contribution in [1.29, 1.82) is 0 Å². The summed E-state index contributed by atoms with van der Waals surface area (Å²) in [6.45, 7) is 6.74. The highest BCUT2D eigenvalue weighted by atomic mass is 16.7. The van der Waals surface area contributed by atoms with E-state index in [1.54, 1.807) is 20.8 Å². The summed E-state index contributed by atoms with van der Waals surface area (Å²) in [5.41, 5.74) is -0.643. The van der Waals surface area contributed by atoms with Crippen molar-refractivity contribution >= 4 is 12.0 Å². The van der Waals surface area contributed by atoms with Crippen LogP contribution in [-0.2, 0) is 9.63 Å². The maximum Gasteiger partial charge on any atom is 0.408 e. The van der Waals surface area contributed by atoms with E-state index in [1.807, 2.05) is 0 Å². The fourth-order valence-corrected chi connectivity index (χ4v) is 1.50. The van der Waals surface area contributed by atoms with Gasteiger partial charge in [-0.3, -0.25) is 14.5 Å². The molecule has 0 aromatic carbocycles. The van der Waals surface area contributed by atoms with E-state index < -0.39 is 23.6 Å². The third-order valence-corrected chi connectivity index (χ3v) is 2.26. The van der Waals surface area contributed by atoms with E-state index in [4.69, 9.17) is 9.94 Å². The molecule has 1 unspecified atom stereocenters. The van der Waals surface area contributed by atoms with Crippen LogP contribution in [0, 0.1) is 0 Å². The van der Waals surface area contributed by atoms with E-state index in [9.17, 15) is 9.59 Å². The molecule has 0 radical (unpaired) electrons. The van der Waals surface area contributed by atoms with Gasteiger partial charge in [0.1, 0.15) is 6.04 Å². The maximum absolute atomic E-state index is 11.8. The van der Waals surface area contributed by atoms with Gasteiger partial charge < -0.3 is 5.11 Å². The fourth-order valence-electron chi connectivity index (χ4n) is 1.50. The summed E-state index contributed by atoms with van der Waals surface area (Å²) >= 11 is 0. The van der Waals surface area contributed by atoms with Gasteiger partial charge in [-0.15, -0.1) is 0 Å². The number of hydrogen-bond donors (Lipinski definition) is 1. The van der Waals surface area contributed by atoms with Gasteiger partial charge in [-0.05, 0) is 27.7 Å². The zero-order chi connectivity index (χ0) is 13.1. The Balaban J connectivity index is 4.97. The van der Waals surface area contributed by atoms with E-state index in [1.165, 1.54) is 21.1 Å². The van der Waals surface area contributed by atoms with Crippen LogP contribution in [0.5, 0.6) is 0 Å². The van der Waals surface area contributed by atoms with E-state index in [0.717, 1.165) is 9.96 Å². The SMILES string of the molecule is CON(C)C(=O)C(C)N(C(=O)O)C(C)(C)C. The molecule has 6 heteroatoms. The largest absolute Gasteiger partial charge is 0.465 e. The molecule has 0 bridgehead atoms. The molecule has 94 valence electrons. The standard InChI is InChI=1S/C10H20N2O4/c1-7(8(13)11(5)16-6)12(9(14)15)10(2,3)4/h7H,1-6H3,(H,14,15). The summed E-state index contributed by atoms with van der Waals surface area (Å²) < 4.78 is 0. The molecule has 6 nitrogen and oxygen atoms in total. The van der Waals surface area contributed by atoms with Crippen LogP contribution in [0.1, 0.15) is 27.7 Å². The first kappa shape index (κ1) is 14.7. The van der Waals surface area contributed by atoms with Gasteiger partial charge in [-0.2, -0.15) is 0 Å². The van der Waals surface area contributed by atoms with Crippen LogP contribution in [0.3, 0.4) is 0 Å². The first-order valence-corrected chi connectivity index (χ1v) is 4.96. The highest BCUT2D eigenvalue weighted by Gasteiger charge is 2.35. The van der Waals surface area contributed by atoms with Crippen molar-refractivity contribution in [1.82, 2.24) is 9.96 Å². The van der Waals surface area contributed by atoms with Crippen molar-refractivity contribution < 1.29 is 19.5 Å². The molecule has 1 atom stereocenters. The van der Waals surface area contributed by atoms with Crippen LogP contribution in [0.2, 0.25) is 0 Å². The Kier molecular flexibility index (Phi) is 4.74. The third-order valence-electron chi connectivity index (χ3n) is 2.26. The summed E-state index contributed by atoms with van der Waals surface area (Å²) in [4.78, 5) is 28.7. The third kappa shape index (κ3) is 3.37. The number of hydrogen-bond acceptors (Lipinski definition) is 3. The van der Waals surface area contributed by atoms with Gasteiger partial charge in [-0.25, -0.2) is 9.86 Å². The number of amides is 2. The van der Waals surface area contributed by atoms with Crippen molar-refractivity contribution in [2.75, 3.05) is 14.2 Å². The van der Waals surface area contributed by atoms with Crippen molar-refractivity contribution in [2.24, 2.45) is 0 Å². The molecule has 0 spiro atoms. The van der Waals surface area contributed by atoms with Crippen LogP contribution >= 0.6 is 0 Å². The Hall–Kier alpha value is -1.30. The summed E-state index contributed by atoms with van der Waals surface area (Å²) in [6.07, 6.45) is -1.13. The van der Waals surface area contributed by atoms with Crippen LogP contribution in [-0.4, -0.2) is 52.8 Å². The Bertz CT molecular complexity index is 272.